The van der Waals surface area contributed by atoms with Crippen LogP contribution in [0.4, 0.5) is 0 Å². The molecule has 130 valence electrons. The molecular formula is C17H28N2O4. The van der Waals surface area contributed by atoms with E-state index in [-0.39, 0.29) is 18.6 Å². The zero-order valence-corrected chi connectivity index (χ0v) is 14.6. The Kier molecular flexibility index (Phi) is 7.85. The lowest BCUT2D eigenvalue weighted by atomic mass is 10.2. The third-order valence-corrected chi connectivity index (χ3v) is 3.33. The van der Waals surface area contributed by atoms with E-state index in [4.69, 9.17) is 14.6 Å². The monoisotopic (exact) mass is 324 g/mol. The molecule has 2 N–H and O–H groups in total. The number of hydrogen-bond acceptors (Lipinski definition) is 5. The maximum Gasteiger partial charge on any atom is 0.262 e. The average molecular weight is 324 g/mol. The average Bonchev–Trinajstić information content (AvgIpc) is 2.53. The summed E-state index contributed by atoms with van der Waals surface area (Å²) < 4.78 is 11.4. The van der Waals surface area contributed by atoms with Gasteiger partial charge in [0, 0.05) is 26.7 Å². The second kappa shape index (κ2) is 9.37. The Morgan fingerprint density at radius 1 is 1.30 bits per heavy atom. The van der Waals surface area contributed by atoms with Crippen LogP contribution in [0.5, 0.6) is 11.5 Å². The predicted molar refractivity (Wildman–Crippen MR) is 89.8 cm³/mol. The zero-order chi connectivity index (χ0) is 17.4. The molecule has 1 rings (SSSR count). The van der Waals surface area contributed by atoms with Crippen molar-refractivity contribution in [3.05, 3.63) is 23.8 Å². The molecule has 0 saturated carbocycles. The SMILES string of the molecule is CCOc1cc(CN[C@H](C)CO)ccc1OC(C)C(=O)N(C)C. The van der Waals surface area contributed by atoms with Gasteiger partial charge in [0.05, 0.1) is 13.2 Å². The lowest BCUT2D eigenvalue weighted by molar-refractivity contribution is -0.135. The molecule has 6 heteroatoms. The van der Waals surface area contributed by atoms with E-state index in [0.29, 0.717) is 24.7 Å². The van der Waals surface area contributed by atoms with Crippen LogP contribution in [0.25, 0.3) is 0 Å². The summed E-state index contributed by atoms with van der Waals surface area (Å²) in [4.78, 5) is 13.4. The van der Waals surface area contributed by atoms with Crippen molar-refractivity contribution in [2.75, 3.05) is 27.3 Å². The van der Waals surface area contributed by atoms with Crippen LogP contribution in [-0.4, -0.2) is 55.4 Å². The largest absolute Gasteiger partial charge is 0.490 e. The molecule has 1 aromatic carbocycles. The third-order valence-electron chi connectivity index (χ3n) is 3.33. The minimum Gasteiger partial charge on any atom is -0.490 e. The number of amides is 1. The molecule has 1 aromatic rings. The number of hydrogen-bond donors (Lipinski definition) is 2. The van der Waals surface area contributed by atoms with Gasteiger partial charge in [0.2, 0.25) is 0 Å². The van der Waals surface area contributed by atoms with Gasteiger partial charge in [-0.05, 0) is 38.5 Å². The molecule has 0 saturated heterocycles. The molecule has 0 aliphatic heterocycles. The summed E-state index contributed by atoms with van der Waals surface area (Å²) in [6, 6.07) is 5.65. The normalized spacial score (nSPS) is 13.3. The first-order chi connectivity index (χ1) is 10.9. The zero-order valence-electron chi connectivity index (χ0n) is 14.6. The van der Waals surface area contributed by atoms with Crippen molar-refractivity contribution in [1.82, 2.24) is 10.2 Å². The fraction of sp³-hybridized carbons (Fsp3) is 0.588. The summed E-state index contributed by atoms with van der Waals surface area (Å²) in [5.74, 6) is 1.06. The standard InChI is InChI=1S/C17H28N2O4/c1-6-22-16-9-14(10-18-12(2)11-20)7-8-15(16)23-13(3)17(21)19(4)5/h7-9,12-13,18,20H,6,10-11H2,1-5H3/t12-,13?/m1/s1. The van der Waals surface area contributed by atoms with E-state index in [2.05, 4.69) is 5.32 Å². The van der Waals surface area contributed by atoms with Gasteiger partial charge in [-0.3, -0.25) is 4.79 Å². The maximum atomic E-state index is 11.9. The minimum atomic E-state index is -0.581. The number of carbonyl (C=O) groups is 1. The molecular weight excluding hydrogens is 296 g/mol. The van der Waals surface area contributed by atoms with E-state index in [1.807, 2.05) is 32.0 Å². The van der Waals surface area contributed by atoms with Crippen LogP contribution < -0.4 is 14.8 Å². The van der Waals surface area contributed by atoms with Crippen molar-refractivity contribution in [1.29, 1.82) is 0 Å². The smallest absolute Gasteiger partial charge is 0.262 e. The molecule has 6 nitrogen and oxygen atoms in total. The lowest BCUT2D eigenvalue weighted by Gasteiger charge is -2.20. The Balaban J connectivity index is 2.85. The van der Waals surface area contributed by atoms with Crippen LogP contribution >= 0.6 is 0 Å². The second-order valence-corrected chi connectivity index (χ2v) is 5.67. The number of ether oxygens (including phenoxy) is 2. The number of likely N-dealkylation sites (N-methyl/N-ethyl adjacent to an activating group) is 1. The van der Waals surface area contributed by atoms with E-state index in [1.165, 1.54) is 4.90 Å². The van der Waals surface area contributed by atoms with Gasteiger partial charge in [-0.25, -0.2) is 0 Å². The van der Waals surface area contributed by atoms with Crippen LogP contribution in [0.1, 0.15) is 26.3 Å². The molecule has 0 spiro atoms. The van der Waals surface area contributed by atoms with Crippen LogP contribution in [0, 0.1) is 0 Å². The number of aliphatic hydroxyl groups excluding tert-OH is 1. The number of benzene rings is 1. The Hall–Kier alpha value is -1.79. The quantitative estimate of drug-likeness (QED) is 0.719. The number of aliphatic hydroxyl groups is 1. The summed E-state index contributed by atoms with van der Waals surface area (Å²) in [5.41, 5.74) is 1.02. The van der Waals surface area contributed by atoms with Crippen molar-refractivity contribution < 1.29 is 19.4 Å². The Morgan fingerprint density at radius 3 is 2.57 bits per heavy atom. The summed E-state index contributed by atoms with van der Waals surface area (Å²) >= 11 is 0. The Labute approximate surface area is 138 Å². The maximum absolute atomic E-state index is 11.9. The molecule has 0 aliphatic carbocycles. The summed E-state index contributed by atoms with van der Waals surface area (Å²) in [5, 5.41) is 12.3. The van der Waals surface area contributed by atoms with Crippen LogP contribution in [-0.2, 0) is 11.3 Å². The fourth-order valence-corrected chi connectivity index (χ4v) is 1.99. The van der Waals surface area contributed by atoms with Crippen LogP contribution in [0.2, 0.25) is 0 Å². The first-order valence-electron chi connectivity index (χ1n) is 7.86. The number of nitrogens with one attached hydrogen (secondary N) is 1. The van der Waals surface area contributed by atoms with E-state index < -0.39 is 6.10 Å². The first-order valence-corrected chi connectivity index (χ1v) is 7.86. The van der Waals surface area contributed by atoms with Gasteiger partial charge in [-0.15, -0.1) is 0 Å². The second-order valence-electron chi connectivity index (χ2n) is 5.67. The molecule has 2 atom stereocenters. The minimum absolute atomic E-state index is 0.0270. The van der Waals surface area contributed by atoms with Crippen molar-refractivity contribution in [3.63, 3.8) is 0 Å². The highest BCUT2D eigenvalue weighted by Gasteiger charge is 2.18. The fourth-order valence-electron chi connectivity index (χ4n) is 1.99. The molecule has 23 heavy (non-hydrogen) atoms. The Bertz CT molecular complexity index is 505. The molecule has 1 amide bonds. The molecule has 1 unspecified atom stereocenters. The van der Waals surface area contributed by atoms with Crippen molar-refractivity contribution in [2.45, 2.75) is 39.5 Å². The predicted octanol–water partition coefficient (Wildman–Crippen LogP) is 1.41. The number of nitrogens with zero attached hydrogens (tertiary/aromatic N) is 1. The highest BCUT2D eigenvalue weighted by Crippen LogP contribution is 2.29. The number of carbonyl (C=O) groups excluding carboxylic acids is 1. The lowest BCUT2D eigenvalue weighted by Crippen LogP contribution is -2.35. The van der Waals surface area contributed by atoms with E-state index >= 15 is 0 Å². The number of rotatable bonds is 9. The van der Waals surface area contributed by atoms with Gasteiger partial charge in [-0.1, -0.05) is 6.07 Å². The highest BCUT2D eigenvalue weighted by atomic mass is 16.5. The van der Waals surface area contributed by atoms with Crippen molar-refractivity contribution in [2.24, 2.45) is 0 Å². The molecule has 0 aliphatic rings. The molecule has 0 fully saturated rings. The Morgan fingerprint density at radius 2 is 2.00 bits per heavy atom. The van der Waals surface area contributed by atoms with Gasteiger partial charge in [0.25, 0.3) is 5.91 Å². The summed E-state index contributed by atoms with van der Waals surface area (Å²) in [6.07, 6.45) is -0.581. The van der Waals surface area contributed by atoms with Crippen LogP contribution in [0.15, 0.2) is 18.2 Å². The van der Waals surface area contributed by atoms with Crippen molar-refractivity contribution >= 4 is 5.91 Å². The third kappa shape index (κ3) is 6.08. The van der Waals surface area contributed by atoms with Gasteiger partial charge in [0.1, 0.15) is 0 Å². The summed E-state index contributed by atoms with van der Waals surface area (Å²) in [6.45, 7) is 6.75. The van der Waals surface area contributed by atoms with E-state index in [1.54, 1.807) is 21.0 Å². The molecule has 0 radical (unpaired) electrons. The van der Waals surface area contributed by atoms with Crippen LogP contribution in [0.3, 0.4) is 0 Å². The van der Waals surface area contributed by atoms with Gasteiger partial charge in [-0.2, -0.15) is 0 Å². The van der Waals surface area contributed by atoms with E-state index in [9.17, 15) is 4.79 Å². The van der Waals surface area contributed by atoms with Gasteiger partial charge < -0.3 is 24.8 Å². The van der Waals surface area contributed by atoms with Crippen molar-refractivity contribution in [3.8, 4) is 11.5 Å². The highest BCUT2D eigenvalue weighted by molar-refractivity contribution is 5.80. The topological polar surface area (TPSA) is 71.0 Å². The van der Waals surface area contributed by atoms with Gasteiger partial charge >= 0.3 is 0 Å². The molecule has 0 heterocycles. The molecule has 0 aromatic heterocycles. The molecule has 0 bridgehead atoms. The first kappa shape index (κ1) is 19.3. The summed E-state index contributed by atoms with van der Waals surface area (Å²) in [7, 11) is 3.39. The van der Waals surface area contributed by atoms with Gasteiger partial charge in [0.15, 0.2) is 17.6 Å². The van der Waals surface area contributed by atoms with E-state index in [0.717, 1.165) is 5.56 Å².